The maximum Gasteiger partial charge on any atom is 0.0809 e. The van der Waals surface area contributed by atoms with E-state index >= 15 is 0 Å². The Labute approximate surface area is 107 Å². The van der Waals surface area contributed by atoms with Crippen LogP contribution in [0.25, 0.3) is 10.2 Å². The second-order valence-electron chi connectivity index (χ2n) is 3.85. The molecule has 86 valence electrons. The molecule has 0 fully saturated rings. The molecule has 1 unspecified atom stereocenters. The van der Waals surface area contributed by atoms with Crippen LogP contribution < -0.4 is 5.73 Å². The first-order chi connectivity index (χ1) is 8.33. The van der Waals surface area contributed by atoms with Crippen LogP contribution in [0.3, 0.4) is 0 Å². The predicted octanol–water partition coefficient (Wildman–Crippen LogP) is 3.00. The highest BCUT2D eigenvalue weighted by molar-refractivity contribution is 7.17. The summed E-state index contributed by atoms with van der Waals surface area (Å²) in [6.45, 7) is 0. The van der Waals surface area contributed by atoms with Gasteiger partial charge in [-0.3, -0.25) is 9.97 Å². The SMILES string of the molecule is NC(Cc1cncs1)c1cnc2ccsc2c1. The van der Waals surface area contributed by atoms with Crippen molar-refractivity contribution in [3.05, 3.63) is 45.9 Å². The van der Waals surface area contributed by atoms with Crippen LogP contribution in [0.5, 0.6) is 0 Å². The van der Waals surface area contributed by atoms with Crippen LogP contribution in [0.4, 0.5) is 0 Å². The van der Waals surface area contributed by atoms with E-state index in [1.165, 1.54) is 9.58 Å². The Kier molecular flexibility index (Phi) is 2.88. The third-order valence-electron chi connectivity index (χ3n) is 2.66. The smallest absolute Gasteiger partial charge is 0.0809 e. The number of thiophene rings is 1. The molecule has 1 atom stereocenters. The molecule has 3 aromatic heterocycles. The first kappa shape index (κ1) is 10.8. The number of thiazole rings is 1. The van der Waals surface area contributed by atoms with Crippen LogP contribution in [0.1, 0.15) is 16.5 Å². The van der Waals surface area contributed by atoms with Gasteiger partial charge in [0.05, 0.1) is 15.7 Å². The fourth-order valence-corrected chi connectivity index (χ4v) is 3.19. The van der Waals surface area contributed by atoms with E-state index < -0.39 is 0 Å². The van der Waals surface area contributed by atoms with Crippen molar-refractivity contribution in [3.8, 4) is 0 Å². The summed E-state index contributed by atoms with van der Waals surface area (Å²) in [4.78, 5) is 9.68. The molecule has 0 saturated carbocycles. The van der Waals surface area contributed by atoms with Gasteiger partial charge in [-0.25, -0.2) is 0 Å². The second kappa shape index (κ2) is 4.52. The maximum absolute atomic E-state index is 6.19. The molecule has 17 heavy (non-hydrogen) atoms. The quantitative estimate of drug-likeness (QED) is 0.788. The number of fused-ring (bicyclic) bond motifs is 1. The van der Waals surface area contributed by atoms with E-state index in [9.17, 15) is 0 Å². The van der Waals surface area contributed by atoms with Crippen LogP contribution in [0.2, 0.25) is 0 Å². The summed E-state index contributed by atoms with van der Waals surface area (Å²) in [6, 6.07) is 4.16. The summed E-state index contributed by atoms with van der Waals surface area (Å²) in [7, 11) is 0. The summed E-state index contributed by atoms with van der Waals surface area (Å²) in [5, 5.41) is 2.05. The van der Waals surface area contributed by atoms with Gasteiger partial charge in [-0.05, 0) is 23.1 Å². The van der Waals surface area contributed by atoms with Crippen molar-refractivity contribution in [2.75, 3.05) is 0 Å². The average molecular weight is 261 g/mol. The third-order valence-corrected chi connectivity index (χ3v) is 4.31. The number of rotatable bonds is 3. The summed E-state index contributed by atoms with van der Waals surface area (Å²) in [5.74, 6) is 0. The Bertz CT molecular complexity index is 616. The molecule has 0 amide bonds. The summed E-state index contributed by atoms with van der Waals surface area (Å²) in [5.41, 5.74) is 10.2. The Balaban J connectivity index is 1.87. The minimum absolute atomic E-state index is 0.00514. The minimum Gasteiger partial charge on any atom is -0.324 e. The molecule has 3 aromatic rings. The van der Waals surface area contributed by atoms with Gasteiger partial charge in [0.15, 0.2) is 0 Å². The van der Waals surface area contributed by atoms with Crippen molar-refractivity contribution < 1.29 is 0 Å². The number of hydrogen-bond acceptors (Lipinski definition) is 5. The van der Waals surface area contributed by atoms with E-state index in [0.29, 0.717) is 0 Å². The van der Waals surface area contributed by atoms with Crippen molar-refractivity contribution in [2.45, 2.75) is 12.5 Å². The number of aromatic nitrogens is 2. The maximum atomic E-state index is 6.19. The Morgan fingerprint density at radius 3 is 3.06 bits per heavy atom. The Morgan fingerprint density at radius 2 is 2.24 bits per heavy atom. The predicted molar refractivity (Wildman–Crippen MR) is 72.4 cm³/mol. The van der Waals surface area contributed by atoms with E-state index in [0.717, 1.165) is 17.5 Å². The fraction of sp³-hybridized carbons (Fsp3) is 0.167. The van der Waals surface area contributed by atoms with Crippen molar-refractivity contribution in [1.82, 2.24) is 9.97 Å². The van der Waals surface area contributed by atoms with Crippen LogP contribution in [0, 0.1) is 0 Å². The summed E-state index contributed by atoms with van der Waals surface area (Å²) in [6.07, 6.45) is 4.58. The topological polar surface area (TPSA) is 51.8 Å². The highest BCUT2D eigenvalue weighted by Gasteiger charge is 2.09. The molecule has 3 heterocycles. The van der Waals surface area contributed by atoms with Crippen molar-refractivity contribution >= 4 is 32.9 Å². The van der Waals surface area contributed by atoms with Crippen molar-refractivity contribution in [1.29, 1.82) is 0 Å². The van der Waals surface area contributed by atoms with Gasteiger partial charge in [0.25, 0.3) is 0 Å². The van der Waals surface area contributed by atoms with E-state index in [1.54, 1.807) is 22.7 Å². The largest absolute Gasteiger partial charge is 0.324 e. The van der Waals surface area contributed by atoms with Crippen molar-refractivity contribution in [3.63, 3.8) is 0 Å². The molecule has 0 aliphatic heterocycles. The van der Waals surface area contributed by atoms with E-state index in [2.05, 4.69) is 21.4 Å². The van der Waals surface area contributed by atoms with Gasteiger partial charge in [-0.2, -0.15) is 0 Å². The first-order valence-electron chi connectivity index (χ1n) is 5.29. The lowest BCUT2D eigenvalue weighted by molar-refractivity contribution is 0.727. The summed E-state index contributed by atoms with van der Waals surface area (Å²) >= 11 is 3.34. The van der Waals surface area contributed by atoms with Crippen LogP contribution >= 0.6 is 22.7 Å². The lowest BCUT2D eigenvalue weighted by atomic mass is 10.1. The van der Waals surface area contributed by atoms with Gasteiger partial charge in [0.2, 0.25) is 0 Å². The molecule has 0 aliphatic rings. The molecule has 0 radical (unpaired) electrons. The molecule has 0 spiro atoms. The highest BCUT2D eigenvalue weighted by atomic mass is 32.1. The van der Waals surface area contributed by atoms with Gasteiger partial charge in [-0.1, -0.05) is 0 Å². The molecule has 5 heteroatoms. The number of pyridine rings is 1. The van der Waals surface area contributed by atoms with Gasteiger partial charge in [-0.15, -0.1) is 22.7 Å². The zero-order valence-electron chi connectivity index (χ0n) is 9.04. The van der Waals surface area contributed by atoms with Crippen LogP contribution in [0.15, 0.2) is 35.4 Å². The minimum atomic E-state index is -0.00514. The van der Waals surface area contributed by atoms with E-state index in [1.807, 2.05) is 24.0 Å². The van der Waals surface area contributed by atoms with E-state index in [-0.39, 0.29) is 6.04 Å². The van der Waals surface area contributed by atoms with Gasteiger partial charge < -0.3 is 5.73 Å². The second-order valence-corrected chi connectivity index (χ2v) is 5.77. The molecule has 2 N–H and O–H groups in total. The standard InChI is InChI=1S/C12H11N3S2/c13-10(4-9-6-14-7-17-9)8-3-12-11(15-5-8)1-2-16-12/h1-3,5-7,10H,4,13H2. The van der Waals surface area contributed by atoms with Crippen LogP contribution in [-0.4, -0.2) is 9.97 Å². The lowest BCUT2D eigenvalue weighted by Gasteiger charge is -2.09. The molecule has 0 aliphatic carbocycles. The molecule has 3 rings (SSSR count). The molecular weight excluding hydrogens is 250 g/mol. The lowest BCUT2D eigenvalue weighted by Crippen LogP contribution is -2.12. The zero-order chi connectivity index (χ0) is 11.7. The molecule has 3 nitrogen and oxygen atoms in total. The molecule has 0 aromatic carbocycles. The van der Waals surface area contributed by atoms with Gasteiger partial charge in [0, 0.05) is 29.7 Å². The Morgan fingerprint density at radius 1 is 1.29 bits per heavy atom. The van der Waals surface area contributed by atoms with Gasteiger partial charge >= 0.3 is 0 Å². The van der Waals surface area contributed by atoms with Crippen molar-refractivity contribution in [2.24, 2.45) is 5.73 Å². The average Bonchev–Trinajstić information content (AvgIpc) is 2.97. The first-order valence-corrected chi connectivity index (χ1v) is 7.05. The zero-order valence-corrected chi connectivity index (χ0v) is 10.7. The summed E-state index contributed by atoms with van der Waals surface area (Å²) < 4.78 is 1.20. The Hall–Kier alpha value is -1.30. The third kappa shape index (κ3) is 2.22. The number of nitrogens with two attached hydrogens (primary N) is 1. The number of nitrogens with zero attached hydrogens (tertiary/aromatic N) is 2. The molecular formula is C12H11N3S2. The normalized spacial score (nSPS) is 13.0. The monoisotopic (exact) mass is 261 g/mol. The van der Waals surface area contributed by atoms with E-state index in [4.69, 9.17) is 5.73 Å². The molecule has 0 saturated heterocycles. The molecule has 0 bridgehead atoms. The fourth-order valence-electron chi connectivity index (χ4n) is 1.74. The highest BCUT2D eigenvalue weighted by Crippen LogP contribution is 2.24. The van der Waals surface area contributed by atoms with Gasteiger partial charge in [0.1, 0.15) is 0 Å². The van der Waals surface area contributed by atoms with Crippen LogP contribution in [-0.2, 0) is 6.42 Å². The number of hydrogen-bond donors (Lipinski definition) is 1.